The van der Waals surface area contributed by atoms with E-state index >= 15 is 0 Å². The zero-order chi connectivity index (χ0) is 19.0. The predicted molar refractivity (Wildman–Crippen MR) is 101 cm³/mol. The first-order valence-corrected chi connectivity index (χ1v) is 9.19. The van der Waals surface area contributed by atoms with Crippen LogP contribution in [0.3, 0.4) is 0 Å². The number of nitrogens with zero attached hydrogens (tertiary/aromatic N) is 2. The van der Waals surface area contributed by atoms with E-state index in [1.54, 1.807) is 32.4 Å². The van der Waals surface area contributed by atoms with Crippen molar-refractivity contribution in [2.24, 2.45) is 4.99 Å². The van der Waals surface area contributed by atoms with Crippen molar-refractivity contribution in [2.45, 2.75) is 13.5 Å². The third-order valence-corrected chi connectivity index (χ3v) is 5.33. The van der Waals surface area contributed by atoms with Gasteiger partial charge < -0.3 is 23.5 Å². The molecule has 140 valence electrons. The van der Waals surface area contributed by atoms with Crippen LogP contribution in [0.4, 0.5) is 0 Å². The van der Waals surface area contributed by atoms with Crippen LogP contribution in [0.15, 0.2) is 35.3 Å². The highest BCUT2D eigenvalue weighted by Gasteiger charge is 2.18. The number of aromatic nitrogens is 1. The molecule has 7 nitrogen and oxygen atoms in total. The number of thiazole rings is 1. The molecule has 0 saturated carbocycles. The highest BCUT2D eigenvalue weighted by atomic mass is 32.1. The Morgan fingerprint density at radius 3 is 2.41 bits per heavy atom. The minimum atomic E-state index is -0.360. The smallest absolute Gasteiger partial charge is 0.279 e. The molecule has 0 unspecified atom stereocenters. The Balaban J connectivity index is 1.82. The van der Waals surface area contributed by atoms with Gasteiger partial charge in [0.1, 0.15) is 11.5 Å². The molecule has 0 radical (unpaired) electrons. The van der Waals surface area contributed by atoms with Gasteiger partial charge in [-0.05, 0) is 19.1 Å². The van der Waals surface area contributed by atoms with E-state index in [2.05, 4.69) is 4.99 Å². The number of amides is 1. The third-order valence-electron chi connectivity index (χ3n) is 4.29. The van der Waals surface area contributed by atoms with Crippen LogP contribution in [-0.4, -0.2) is 31.5 Å². The van der Waals surface area contributed by atoms with Crippen molar-refractivity contribution in [1.82, 2.24) is 4.57 Å². The van der Waals surface area contributed by atoms with Gasteiger partial charge in [-0.25, -0.2) is 0 Å². The Kier molecular flexibility index (Phi) is 4.49. The van der Waals surface area contributed by atoms with Crippen LogP contribution in [0, 0.1) is 0 Å². The second-order valence-electron chi connectivity index (χ2n) is 5.82. The molecule has 0 saturated heterocycles. The number of hydrogen-bond donors (Lipinski definition) is 0. The van der Waals surface area contributed by atoms with Crippen LogP contribution in [0.1, 0.15) is 17.3 Å². The van der Waals surface area contributed by atoms with Gasteiger partial charge in [-0.2, -0.15) is 4.99 Å². The molecule has 1 amide bonds. The molecule has 0 aliphatic carbocycles. The second-order valence-corrected chi connectivity index (χ2v) is 6.83. The van der Waals surface area contributed by atoms with Crippen LogP contribution in [-0.2, 0) is 6.54 Å². The molecule has 27 heavy (non-hydrogen) atoms. The Hall–Kier alpha value is -3.00. The van der Waals surface area contributed by atoms with Crippen molar-refractivity contribution in [2.75, 3.05) is 21.0 Å². The van der Waals surface area contributed by atoms with Crippen molar-refractivity contribution >= 4 is 27.5 Å². The Morgan fingerprint density at radius 1 is 1.11 bits per heavy atom. The molecule has 1 aliphatic heterocycles. The summed E-state index contributed by atoms with van der Waals surface area (Å²) in [5.74, 6) is 2.14. The minimum Gasteiger partial charge on any atom is -0.497 e. The van der Waals surface area contributed by atoms with Gasteiger partial charge in [-0.15, -0.1) is 0 Å². The van der Waals surface area contributed by atoms with Gasteiger partial charge in [0.15, 0.2) is 16.3 Å². The van der Waals surface area contributed by atoms with Crippen LogP contribution < -0.4 is 23.7 Å². The third kappa shape index (κ3) is 3.12. The highest BCUT2D eigenvalue weighted by Crippen LogP contribution is 2.37. The van der Waals surface area contributed by atoms with Gasteiger partial charge in [0.2, 0.25) is 6.79 Å². The van der Waals surface area contributed by atoms with Crippen molar-refractivity contribution in [1.29, 1.82) is 0 Å². The molecule has 0 atom stereocenters. The van der Waals surface area contributed by atoms with Crippen LogP contribution >= 0.6 is 11.3 Å². The predicted octanol–water partition coefficient (Wildman–Crippen LogP) is 3.21. The molecule has 2 heterocycles. The van der Waals surface area contributed by atoms with E-state index in [9.17, 15) is 4.79 Å². The summed E-state index contributed by atoms with van der Waals surface area (Å²) in [4.78, 5) is 17.7. The topological polar surface area (TPSA) is 71.3 Å². The average molecular weight is 386 g/mol. The zero-order valence-corrected chi connectivity index (χ0v) is 16.0. The Labute approximate surface area is 159 Å². The lowest BCUT2D eigenvalue weighted by Gasteiger charge is -2.06. The quantitative estimate of drug-likeness (QED) is 0.689. The number of rotatable bonds is 4. The largest absolute Gasteiger partial charge is 0.497 e. The number of carbonyl (C=O) groups excluding carboxylic acids is 1. The van der Waals surface area contributed by atoms with Gasteiger partial charge in [-0.1, -0.05) is 11.3 Å². The zero-order valence-electron chi connectivity index (χ0n) is 15.1. The Bertz CT molecular complexity index is 1080. The monoisotopic (exact) mass is 386 g/mol. The maximum absolute atomic E-state index is 12.8. The van der Waals surface area contributed by atoms with Crippen molar-refractivity contribution < 1.29 is 23.7 Å². The highest BCUT2D eigenvalue weighted by molar-refractivity contribution is 7.16. The van der Waals surface area contributed by atoms with Gasteiger partial charge in [0.05, 0.1) is 24.4 Å². The maximum atomic E-state index is 12.8. The van der Waals surface area contributed by atoms with Crippen LogP contribution in [0.25, 0.3) is 10.2 Å². The summed E-state index contributed by atoms with van der Waals surface area (Å²) < 4.78 is 24.3. The first-order chi connectivity index (χ1) is 13.1. The second kappa shape index (κ2) is 6.96. The van der Waals surface area contributed by atoms with E-state index in [0.29, 0.717) is 39.9 Å². The Morgan fingerprint density at radius 2 is 1.78 bits per heavy atom. The summed E-state index contributed by atoms with van der Waals surface area (Å²) >= 11 is 1.43. The van der Waals surface area contributed by atoms with Gasteiger partial charge in [0.25, 0.3) is 5.91 Å². The summed E-state index contributed by atoms with van der Waals surface area (Å²) in [6.45, 7) is 2.91. The number of methoxy groups -OCH3 is 2. The van der Waals surface area contributed by atoms with Crippen molar-refractivity contribution in [3.8, 4) is 23.0 Å². The molecule has 2 aromatic carbocycles. The molecular formula is C19H18N2O5S. The summed E-state index contributed by atoms with van der Waals surface area (Å²) in [5, 5.41) is 0. The lowest BCUT2D eigenvalue weighted by Crippen LogP contribution is -2.16. The standard InChI is InChI=1S/C19H18N2O5S/c1-4-21-14-8-15-16(26-10-25-15)9-17(14)27-19(21)20-18(22)11-5-12(23-2)7-13(6-11)24-3/h5-9H,4,10H2,1-3H3. The number of hydrogen-bond acceptors (Lipinski definition) is 6. The molecule has 1 aliphatic rings. The molecule has 0 bridgehead atoms. The first-order valence-electron chi connectivity index (χ1n) is 8.38. The minimum absolute atomic E-state index is 0.228. The molecule has 4 rings (SSSR count). The fourth-order valence-electron chi connectivity index (χ4n) is 2.93. The average Bonchev–Trinajstić information content (AvgIpc) is 3.28. The fraction of sp³-hybridized carbons (Fsp3) is 0.263. The molecule has 8 heteroatoms. The molecule has 0 N–H and O–H groups in total. The SMILES string of the molecule is CCn1c(=NC(=O)c2cc(OC)cc(OC)c2)sc2cc3c(cc21)OCO3. The van der Waals surface area contributed by atoms with E-state index in [1.165, 1.54) is 11.3 Å². The summed E-state index contributed by atoms with van der Waals surface area (Å²) in [6, 6.07) is 8.86. The summed E-state index contributed by atoms with van der Waals surface area (Å²) in [7, 11) is 3.08. The lowest BCUT2D eigenvalue weighted by atomic mass is 10.2. The fourth-order valence-corrected chi connectivity index (χ4v) is 4.04. The molecule has 0 spiro atoms. The van der Waals surface area contributed by atoms with E-state index in [4.69, 9.17) is 18.9 Å². The van der Waals surface area contributed by atoms with Gasteiger partial charge in [0, 0.05) is 30.3 Å². The van der Waals surface area contributed by atoms with E-state index in [-0.39, 0.29) is 12.7 Å². The first kappa shape index (κ1) is 17.4. The summed E-state index contributed by atoms with van der Waals surface area (Å²) in [6.07, 6.45) is 0. The molecular weight excluding hydrogens is 368 g/mol. The van der Waals surface area contributed by atoms with Crippen molar-refractivity contribution in [3.05, 3.63) is 40.7 Å². The summed E-state index contributed by atoms with van der Waals surface area (Å²) in [5.41, 5.74) is 1.36. The molecule has 0 fully saturated rings. The van der Waals surface area contributed by atoms with E-state index in [1.807, 2.05) is 23.6 Å². The molecule has 3 aromatic rings. The number of aryl methyl sites for hydroxylation is 1. The number of benzene rings is 2. The lowest BCUT2D eigenvalue weighted by molar-refractivity contribution is 0.0997. The normalized spacial score (nSPS) is 13.2. The van der Waals surface area contributed by atoms with Crippen LogP contribution in [0.2, 0.25) is 0 Å². The van der Waals surface area contributed by atoms with Gasteiger partial charge in [-0.3, -0.25) is 4.79 Å². The van der Waals surface area contributed by atoms with Crippen molar-refractivity contribution in [3.63, 3.8) is 0 Å². The maximum Gasteiger partial charge on any atom is 0.279 e. The van der Waals surface area contributed by atoms with Crippen LogP contribution in [0.5, 0.6) is 23.0 Å². The van der Waals surface area contributed by atoms with E-state index < -0.39 is 0 Å². The van der Waals surface area contributed by atoms with Gasteiger partial charge >= 0.3 is 0 Å². The number of fused-ring (bicyclic) bond motifs is 2. The number of carbonyl (C=O) groups is 1. The van der Waals surface area contributed by atoms with E-state index in [0.717, 1.165) is 10.2 Å². The number of ether oxygens (including phenoxy) is 4. The molecule has 1 aromatic heterocycles.